The zero-order valence-corrected chi connectivity index (χ0v) is 18.1. The molecule has 1 heterocycles. The fourth-order valence-electron chi connectivity index (χ4n) is 3.34. The minimum Gasteiger partial charge on any atom is -0.478 e. The first-order valence-electron chi connectivity index (χ1n) is 10.2. The molecule has 0 aliphatic heterocycles. The van der Waals surface area contributed by atoms with E-state index in [2.05, 4.69) is 11.1 Å². The minimum atomic E-state index is -1.20. The van der Waals surface area contributed by atoms with Gasteiger partial charge in [0, 0.05) is 41.7 Å². The maximum atomic E-state index is 11.6. The molecule has 1 fully saturated rings. The zero-order chi connectivity index (χ0) is 22.0. The monoisotopic (exact) mass is 438 g/mol. The van der Waals surface area contributed by atoms with Crippen molar-refractivity contribution in [3.63, 3.8) is 0 Å². The van der Waals surface area contributed by atoms with E-state index in [1.165, 1.54) is 0 Å². The molecule has 1 aromatic heterocycles. The Kier molecular flexibility index (Phi) is 5.94. The third-order valence-electron chi connectivity index (χ3n) is 5.24. The number of carbonyl (C=O) groups is 1. The molecule has 6 nitrogen and oxygen atoms in total. The van der Waals surface area contributed by atoms with Crippen LogP contribution in [0, 0.1) is 6.92 Å². The second kappa shape index (κ2) is 8.65. The third kappa shape index (κ3) is 4.70. The van der Waals surface area contributed by atoms with E-state index >= 15 is 0 Å². The topological polar surface area (TPSA) is 81.5 Å². The Balaban J connectivity index is 1.76. The number of aromatic nitrogens is 2. The van der Waals surface area contributed by atoms with Crippen molar-refractivity contribution in [3.05, 3.63) is 64.7 Å². The number of halogens is 1. The first-order valence-corrected chi connectivity index (χ1v) is 10.5. The van der Waals surface area contributed by atoms with E-state index in [1.54, 1.807) is 18.2 Å². The molecule has 1 saturated carbocycles. The smallest absolute Gasteiger partial charge is 0.348 e. The number of aryl methyl sites for hydroxylation is 1. The average molecular weight is 439 g/mol. The van der Waals surface area contributed by atoms with E-state index in [0.717, 1.165) is 22.3 Å². The highest BCUT2D eigenvalue weighted by Crippen LogP contribution is 2.41. The SMILES string of the molecule is CCOCc1ccc(-c2cc(OC3(C(=O)O)CC3)nc(-c3ccc(Cl)cc3)n2)c(C)c1. The molecule has 2 aromatic carbocycles. The summed E-state index contributed by atoms with van der Waals surface area (Å²) in [5, 5.41) is 10.1. The third-order valence-corrected chi connectivity index (χ3v) is 5.49. The fraction of sp³-hybridized carbons (Fsp3) is 0.292. The molecule has 3 aromatic rings. The molecule has 160 valence electrons. The minimum absolute atomic E-state index is 0.243. The summed E-state index contributed by atoms with van der Waals surface area (Å²) in [7, 11) is 0. The van der Waals surface area contributed by atoms with Gasteiger partial charge in [0.25, 0.3) is 0 Å². The van der Waals surface area contributed by atoms with E-state index < -0.39 is 11.6 Å². The molecule has 1 N–H and O–H groups in total. The summed E-state index contributed by atoms with van der Waals surface area (Å²) in [4.78, 5) is 20.9. The van der Waals surface area contributed by atoms with Gasteiger partial charge in [-0.05, 0) is 49.2 Å². The number of carboxylic acids is 1. The molecule has 1 aliphatic rings. The number of hydrogen-bond donors (Lipinski definition) is 1. The summed E-state index contributed by atoms with van der Waals surface area (Å²) in [6.45, 7) is 5.18. The summed E-state index contributed by atoms with van der Waals surface area (Å²) in [5.41, 5.74) is 3.26. The Hall–Kier alpha value is -2.96. The number of benzene rings is 2. The van der Waals surface area contributed by atoms with Crippen LogP contribution in [0.4, 0.5) is 0 Å². The molecular weight excluding hydrogens is 416 g/mol. The van der Waals surface area contributed by atoms with Crippen molar-refractivity contribution >= 4 is 17.6 Å². The van der Waals surface area contributed by atoms with Crippen LogP contribution >= 0.6 is 11.6 Å². The lowest BCUT2D eigenvalue weighted by Crippen LogP contribution is -2.29. The number of hydrogen-bond acceptors (Lipinski definition) is 5. The van der Waals surface area contributed by atoms with Crippen LogP contribution < -0.4 is 4.74 Å². The van der Waals surface area contributed by atoms with Gasteiger partial charge >= 0.3 is 5.97 Å². The van der Waals surface area contributed by atoms with Gasteiger partial charge < -0.3 is 14.6 Å². The molecule has 0 radical (unpaired) electrons. The number of carboxylic acid groups (broad SMARTS) is 1. The van der Waals surface area contributed by atoms with Gasteiger partial charge in [-0.15, -0.1) is 0 Å². The average Bonchev–Trinajstić information content (AvgIpc) is 3.53. The van der Waals surface area contributed by atoms with Crippen molar-refractivity contribution in [3.8, 4) is 28.5 Å². The lowest BCUT2D eigenvalue weighted by Gasteiger charge is -2.15. The number of rotatable bonds is 8. The van der Waals surface area contributed by atoms with Crippen molar-refractivity contribution in [1.29, 1.82) is 0 Å². The normalized spacial score (nSPS) is 14.3. The maximum absolute atomic E-state index is 11.6. The molecule has 0 bridgehead atoms. The van der Waals surface area contributed by atoms with Gasteiger partial charge in [-0.2, -0.15) is 4.98 Å². The molecular formula is C24H23ClN2O4. The molecule has 0 amide bonds. The van der Waals surface area contributed by atoms with E-state index in [0.29, 0.717) is 42.6 Å². The van der Waals surface area contributed by atoms with Gasteiger partial charge in [0.05, 0.1) is 12.3 Å². The second-order valence-corrected chi connectivity index (χ2v) is 8.05. The van der Waals surface area contributed by atoms with E-state index in [9.17, 15) is 9.90 Å². The van der Waals surface area contributed by atoms with Crippen molar-refractivity contribution in [2.24, 2.45) is 0 Å². The van der Waals surface area contributed by atoms with Crippen LogP contribution in [0.5, 0.6) is 5.88 Å². The van der Waals surface area contributed by atoms with Crippen LogP contribution in [0.15, 0.2) is 48.5 Å². The summed E-state index contributed by atoms with van der Waals surface area (Å²) >= 11 is 6.02. The van der Waals surface area contributed by atoms with E-state index in [4.69, 9.17) is 26.1 Å². The predicted molar refractivity (Wildman–Crippen MR) is 118 cm³/mol. The Morgan fingerprint density at radius 2 is 1.87 bits per heavy atom. The van der Waals surface area contributed by atoms with Crippen molar-refractivity contribution in [2.45, 2.75) is 38.9 Å². The summed E-state index contributed by atoms with van der Waals surface area (Å²) in [5.74, 6) is -0.284. The Morgan fingerprint density at radius 1 is 1.13 bits per heavy atom. The van der Waals surface area contributed by atoms with Crippen LogP contribution in [0.2, 0.25) is 5.02 Å². The van der Waals surface area contributed by atoms with Crippen molar-refractivity contribution in [2.75, 3.05) is 6.61 Å². The molecule has 0 spiro atoms. The Labute approximate surface area is 185 Å². The first-order chi connectivity index (χ1) is 14.9. The number of aliphatic carboxylic acids is 1. The zero-order valence-electron chi connectivity index (χ0n) is 17.4. The van der Waals surface area contributed by atoms with Gasteiger partial charge in [-0.1, -0.05) is 29.8 Å². The number of nitrogens with zero attached hydrogens (tertiary/aromatic N) is 2. The van der Waals surface area contributed by atoms with Gasteiger partial charge in [0.15, 0.2) is 5.82 Å². The molecule has 1 aliphatic carbocycles. The van der Waals surface area contributed by atoms with E-state index in [-0.39, 0.29) is 5.88 Å². The summed E-state index contributed by atoms with van der Waals surface area (Å²) in [6, 6.07) is 14.9. The molecule has 7 heteroatoms. The highest BCUT2D eigenvalue weighted by Gasteiger charge is 2.54. The Morgan fingerprint density at radius 3 is 2.48 bits per heavy atom. The molecule has 0 saturated heterocycles. The second-order valence-electron chi connectivity index (χ2n) is 7.61. The van der Waals surface area contributed by atoms with Crippen LogP contribution in [0.1, 0.15) is 30.9 Å². The highest BCUT2D eigenvalue weighted by atomic mass is 35.5. The van der Waals surface area contributed by atoms with Crippen molar-refractivity contribution < 1.29 is 19.4 Å². The highest BCUT2D eigenvalue weighted by molar-refractivity contribution is 6.30. The summed E-state index contributed by atoms with van der Waals surface area (Å²) < 4.78 is 11.3. The van der Waals surface area contributed by atoms with Crippen LogP contribution in [0.25, 0.3) is 22.6 Å². The largest absolute Gasteiger partial charge is 0.478 e. The van der Waals surface area contributed by atoms with Gasteiger partial charge in [-0.3, -0.25) is 0 Å². The van der Waals surface area contributed by atoms with Gasteiger partial charge in [0.1, 0.15) is 0 Å². The van der Waals surface area contributed by atoms with Crippen molar-refractivity contribution in [1.82, 2.24) is 9.97 Å². The standard InChI is InChI=1S/C24H23ClN2O4/c1-3-30-14-16-4-9-19(15(2)12-16)20-13-21(31-24(10-11-24)23(28)29)27-22(26-20)17-5-7-18(25)8-6-17/h4-9,12-13H,3,10-11,14H2,1-2H3,(H,28,29). The maximum Gasteiger partial charge on any atom is 0.348 e. The molecule has 4 rings (SSSR count). The molecule has 0 atom stereocenters. The quantitative estimate of drug-likeness (QED) is 0.513. The first kappa shape index (κ1) is 21.3. The summed E-state index contributed by atoms with van der Waals surface area (Å²) in [6.07, 6.45) is 0.923. The van der Waals surface area contributed by atoms with E-state index in [1.807, 2.05) is 38.1 Å². The van der Waals surface area contributed by atoms with Crippen LogP contribution in [-0.4, -0.2) is 33.3 Å². The Bertz CT molecular complexity index is 1110. The van der Waals surface area contributed by atoms with Crippen LogP contribution in [0.3, 0.4) is 0 Å². The number of ether oxygens (including phenoxy) is 2. The fourth-order valence-corrected chi connectivity index (χ4v) is 3.47. The van der Waals surface area contributed by atoms with Gasteiger partial charge in [-0.25, -0.2) is 9.78 Å². The lowest BCUT2D eigenvalue weighted by molar-refractivity contribution is -0.147. The van der Waals surface area contributed by atoms with Gasteiger partial charge in [0.2, 0.25) is 11.5 Å². The predicted octanol–water partition coefficient (Wildman–Crippen LogP) is 5.30. The molecule has 0 unspecified atom stereocenters. The lowest BCUT2D eigenvalue weighted by atomic mass is 10.0. The van der Waals surface area contributed by atoms with Crippen LogP contribution in [-0.2, 0) is 16.1 Å². The molecule has 31 heavy (non-hydrogen) atoms.